The van der Waals surface area contributed by atoms with E-state index < -0.39 is 22.0 Å². The molecule has 0 spiro atoms. The van der Waals surface area contributed by atoms with Crippen molar-refractivity contribution in [1.29, 1.82) is 0 Å². The lowest BCUT2D eigenvalue weighted by molar-refractivity contribution is -0.138. The summed E-state index contributed by atoms with van der Waals surface area (Å²) in [6.45, 7) is 2.20. The molecular formula is C16H18N2O5S. The van der Waals surface area contributed by atoms with Gasteiger partial charge in [-0.15, -0.1) is 0 Å². The zero-order valence-electron chi connectivity index (χ0n) is 13.0. The van der Waals surface area contributed by atoms with Crippen molar-refractivity contribution in [3.8, 4) is 5.88 Å². The highest BCUT2D eigenvalue weighted by Crippen LogP contribution is 2.14. The number of carbonyl (C=O) groups is 1. The Hall–Kier alpha value is -2.45. The van der Waals surface area contributed by atoms with E-state index in [1.807, 2.05) is 0 Å². The lowest BCUT2D eigenvalue weighted by Gasteiger charge is -2.15. The van der Waals surface area contributed by atoms with Crippen molar-refractivity contribution in [3.05, 3.63) is 54.2 Å². The van der Waals surface area contributed by atoms with E-state index in [0.717, 1.165) is 11.8 Å². The highest BCUT2D eigenvalue weighted by Gasteiger charge is 2.26. The van der Waals surface area contributed by atoms with E-state index in [2.05, 4.69) is 9.71 Å². The molecule has 2 N–H and O–H groups in total. The van der Waals surface area contributed by atoms with Crippen LogP contribution in [0, 0.1) is 0 Å². The number of rotatable bonds is 8. The molecule has 0 saturated carbocycles. The molecule has 7 nitrogen and oxygen atoms in total. The summed E-state index contributed by atoms with van der Waals surface area (Å²) < 4.78 is 32.1. The van der Waals surface area contributed by atoms with Gasteiger partial charge in [0, 0.05) is 6.07 Å². The Balaban J connectivity index is 2.16. The van der Waals surface area contributed by atoms with E-state index in [9.17, 15) is 18.3 Å². The maximum atomic E-state index is 12.4. The molecule has 0 fully saturated rings. The van der Waals surface area contributed by atoms with Gasteiger partial charge in [0.25, 0.3) is 0 Å². The Morgan fingerprint density at radius 1 is 1.25 bits per heavy atom. The lowest BCUT2D eigenvalue weighted by atomic mass is 10.1. The summed E-state index contributed by atoms with van der Waals surface area (Å²) in [5.41, 5.74) is 0.720. The third-order valence-electron chi connectivity index (χ3n) is 3.19. The second-order valence-electron chi connectivity index (χ2n) is 4.97. The van der Waals surface area contributed by atoms with Crippen molar-refractivity contribution in [2.45, 2.75) is 24.3 Å². The van der Waals surface area contributed by atoms with E-state index >= 15 is 0 Å². The van der Waals surface area contributed by atoms with Gasteiger partial charge in [0.15, 0.2) is 0 Å². The van der Waals surface area contributed by atoms with Crippen LogP contribution in [0.5, 0.6) is 5.88 Å². The van der Waals surface area contributed by atoms with Gasteiger partial charge in [0.1, 0.15) is 10.9 Å². The first-order chi connectivity index (χ1) is 11.4. The molecule has 2 rings (SSSR count). The predicted molar refractivity (Wildman–Crippen MR) is 87.3 cm³/mol. The number of carboxylic acid groups (broad SMARTS) is 1. The largest absolute Gasteiger partial charge is 0.480 e. The molecule has 0 aliphatic heterocycles. The predicted octanol–water partition coefficient (Wildman–Crippen LogP) is 1.45. The molecule has 2 aromatic rings. The summed E-state index contributed by atoms with van der Waals surface area (Å²) in [6, 6.07) is 10.3. The second-order valence-corrected chi connectivity index (χ2v) is 6.68. The van der Waals surface area contributed by atoms with Crippen molar-refractivity contribution in [2.75, 3.05) is 6.61 Å². The first kappa shape index (κ1) is 17.9. The van der Waals surface area contributed by atoms with Crippen LogP contribution in [-0.4, -0.2) is 37.1 Å². The van der Waals surface area contributed by atoms with Gasteiger partial charge in [-0.1, -0.05) is 30.3 Å². The Morgan fingerprint density at radius 3 is 2.50 bits per heavy atom. The third kappa shape index (κ3) is 4.77. The Labute approximate surface area is 140 Å². The van der Waals surface area contributed by atoms with Gasteiger partial charge in [-0.05, 0) is 25.0 Å². The molecule has 1 heterocycles. The molecule has 1 aromatic heterocycles. The molecule has 0 aliphatic carbocycles. The summed E-state index contributed by atoms with van der Waals surface area (Å²) in [4.78, 5) is 15.2. The molecule has 8 heteroatoms. The quantitative estimate of drug-likeness (QED) is 0.746. The van der Waals surface area contributed by atoms with Crippen LogP contribution in [0.2, 0.25) is 0 Å². The van der Waals surface area contributed by atoms with Crippen LogP contribution in [0.3, 0.4) is 0 Å². The summed E-state index contributed by atoms with van der Waals surface area (Å²) in [7, 11) is -4.01. The van der Waals surface area contributed by atoms with Gasteiger partial charge in [0.05, 0.1) is 12.8 Å². The van der Waals surface area contributed by atoms with Crippen LogP contribution in [0.1, 0.15) is 12.5 Å². The lowest BCUT2D eigenvalue weighted by Crippen LogP contribution is -2.42. The molecule has 0 saturated heterocycles. The van der Waals surface area contributed by atoms with Crippen molar-refractivity contribution >= 4 is 16.0 Å². The minimum absolute atomic E-state index is 0.0415. The van der Waals surface area contributed by atoms with Crippen LogP contribution >= 0.6 is 0 Å². The highest BCUT2D eigenvalue weighted by atomic mass is 32.2. The minimum Gasteiger partial charge on any atom is -0.480 e. The van der Waals surface area contributed by atoms with Crippen LogP contribution in [0.15, 0.2) is 53.6 Å². The van der Waals surface area contributed by atoms with Crippen molar-refractivity contribution < 1.29 is 23.1 Å². The van der Waals surface area contributed by atoms with Gasteiger partial charge in [0.2, 0.25) is 15.9 Å². The van der Waals surface area contributed by atoms with E-state index in [0.29, 0.717) is 12.5 Å². The smallest absolute Gasteiger partial charge is 0.322 e. The van der Waals surface area contributed by atoms with E-state index in [1.165, 1.54) is 12.1 Å². The molecule has 0 amide bonds. The fourth-order valence-corrected chi connectivity index (χ4v) is 3.18. The van der Waals surface area contributed by atoms with Gasteiger partial charge >= 0.3 is 5.97 Å². The Morgan fingerprint density at radius 2 is 1.96 bits per heavy atom. The van der Waals surface area contributed by atoms with E-state index in [4.69, 9.17) is 4.74 Å². The van der Waals surface area contributed by atoms with Gasteiger partial charge in [-0.3, -0.25) is 4.79 Å². The number of hydrogen-bond donors (Lipinski definition) is 2. The molecule has 1 aromatic carbocycles. The maximum Gasteiger partial charge on any atom is 0.322 e. The Kier molecular flexibility index (Phi) is 5.88. The number of sulfonamides is 1. The first-order valence-corrected chi connectivity index (χ1v) is 8.78. The van der Waals surface area contributed by atoms with Crippen LogP contribution < -0.4 is 9.46 Å². The fourth-order valence-electron chi connectivity index (χ4n) is 2.04. The summed E-state index contributed by atoms with van der Waals surface area (Å²) in [6.07, 6.45) is 1.18. The number of aromatic nitrogens is 1. The maximum absolute atomic E-state index is 12.4. The van der Waals surface area contributed by atoms with Crippen LogP contribution in [-0.2, 0) is 21.2 Å². The normalized spacial score (nSPS) is 12.5. The molecule has 1 atom stereocenters. The van der Waals surface area contributed by atoms with Crippen LogP contribution in [0.4, 0.5) is 0 Å². The average Bonchev–Trinajstić information content (AvgIpc) is 2.56. The number of nitrogens with zero attached hydrogens (tertiary/aromatic N) is 1. The summed E-state index contributed by atoms with van der Waals surface area (Å²) >= 11 is 0. The standard InChI is InChI=1S/C16H18N2O5S/c1-2-23-15-9-8-13(11-17-15)24(21,22)18-14(16(19)20)10-12-6-4-3-5-7-12/h3-9,11,14,18H,2,10H2,1H3,(H,19,20)/t14-/m0/s1. The molecule has 0 unspecified atom stereocenters. The number of aliphatic carboxylic acids is 1. The number of carboxylic acids is 1. The fraction of sp³-hybridized carbons (Fsp3) is 0.250. The van der Waals surface area contributed by atoms with Gasteiger partial charge in [-0.2, -0.15) is 4.72 Å². The SMILES string of the molecule is CCOc1ccc(S(=O)(=O)N[C@@H](Cc2ccccc2)C(=O)O)cn1. The molecule has 24 heavy (non-hydrogen) atoms. The van der Waals surface area contributed by atoms with Crippen molar-refractivity contribution in [3.63, 3.8) is 0 Å². The topological polar surface area (TPSA) is 106 Å². The molecular weight excluding hydrogens is 332 g/mol. The zero-order valence-corrected chi connectivity index (χ0v) is 13.9. The van der Waals surface area contributed by atoms with Gasteiger partial charge in [-0.25, -0.2) is 13.4 Å². The van der Waals surface area contributed by atoms with E-state index in [-0.39, 0.29) is 11.3 Å². The molecule has 0 radical (unpaired) electrons. The van der Waals surface area contributed by atoms with Crippen molar-refractivity contribution in [1.82, 2.24) is 9.71 Å². The molecule has 128 valence electrons. The first-order valence-electron chi connectivity index (χ1n) is 7.30. The molecule has 0 bridgehead atoms. The Bertz CT molecular complexity index is 776. The minimum atomic E-state index is -4.01. The van der Waals surface area contributed by atoms with Crippen LogP contribution in [0.25, 0.3) is 0 Å². The summed E-state index contributed by atoms with van der Waals surface area (Å²) in [5.74, 6) is -0.947. The van der Waals surface area contributed by atoms with E-state index in [1.54, 1.807) is 37.3 Å². The monoisotopic (exact) mass is 350 g/mol. The zero-order chi connectivity index (χ0) is 17.6. The average molecular weight is 350 g/mol. The third-order valence-corrected chi connectivity index (χ3v) is 4.65. The number of benzene rings is 1. The van der Waals surface area contributed by atoms with Gasteiger partial charge < -0.3 is 9.84 Å². The second kappa shape index (κ2) is 7.89. The summed E-state index contributed by atoms with van der Waals surface area (Å²) in [5, 5.41) is 9.30. The number of hydrogen-bond acceptors (Lipinski definition) is 5. The van der Waals surface area contributed by atoms with Crippen molar-refractivity contribution in [2.24, 2.45) is 0 Å². The highest BCUT2D eigenvalue weighted by molar-refractivity contribution is 7.89. The molecule has 0 aliphatic rings. The number of nitrogens with one attached hydrogen (secondary N) is 1. The number of ether oxygens (including phenoxy) is 1. The number of pyridine rings is 1.